The number of hydrogen-bond acceptors (Lipinski definition) is 3. The molecule has 0 heterocycles. The molecule has 0 aliphatic rings. The van der Waals surface area contributed by atoms with Gasteiger partial charge in [0.1, 0.15) is 5.75 Å². The maximum Gasteiger partial charge on any atom is 0.341 e. The van der Waals surface area contributed by atoms with E-state index in [-0.39, 0.29) is 10.8 Å². The van der Waals surface area contributed by atoms with E-state index in [2.05, 4.69) is 0 Å². The Balaban J connectivity index is 2.80. The number of aliphatic carboxylic acids is 1. The van der Waals surface area contributed by atoms with E-state index in [9.17, 15) is 4.79 Å². The summed E-state index contributed by atoms with van der Waals surface area (Å²) >= 11 is 5.72. The van der Waals surface area contributed by atoms with Crippen LogP contribution in [0.15, 0.2) is 18.2 Å². The SMILES string of the molecule is N#Cc1ccc(OCC(=O)O)c(Cl)c1. The van der Waals surface area contributed by atoms with Gasteiger partial charge in [0.2, 0.25) is 0 Å². The van der Waals surface area contributed by atoms with Crippen molar-refractivity contribution >= 4 is 17.6 Å². The largest absolute Gasteiger partial charge is 0.480 e. The van der Waals surface area contributed by atoms with Gasteiger partial charge in [-0.2, -0.15) is 5.26 Å². The number of hydrogen-bond donors (Lipinski definition) is 1. The Morgan fingerprint density at radius 3 is 2.86 bits per heavy atom. The minimum atomic E-state index is -1.08. The topological polar surface area (TPSA) is 70.3 Å². The number of benzene rings is 1. The van der Waals surface area contributed by atoms with Crippen LogP contribution in [-0.2, 0) is 4.79 Å². The average molecular weight is 212 g/mol. The van der Waals surface area contributed by atoms with E-state index in [0.717, 1.165) is 0 Å². The molecule has 72 valence electrons. The lowest BCUT2D eigenvalue weighted by atomic mass is 10.2. The molecule has 4 nitrogen and oxygen atoms in total. The van der Waals surface area contributed by atoms with E-state index in [1.807, 2.05) is 6.07 Å². The molecule has 5 heteroatoms. The highest BCUT2D eigenvalue weighted by Gasteiger charge is 2.04. The van der Waals surface area contributed by atoms with Gasteiger partial charge in [-0.15, -0.1) is 0 Å². The third kappa shape index (κ3) is 2.64. The lowest BCUT2D eigenvalue weighted by molar-refractivity contribution is -0.139. The summed E-state index contributed by atoms with van der Waals surface area (Å²) in [6.07, 6.45) is 0. The van der Waals surface area contributed by atoms with E-state index < -0.39 is 12.6 Å². The van der Waals surface area contributed by atoms with Gasteiger partial charge in [0, 0.05) is 0 Å². The van der Waals surface area contributed by atoms with Crippen molar-refractivity contribution in [3.05, 3.63) is 28.8 Å². The van der Waals surface area contributed by atoms with Gasteiger partial charge in [-0.25, -0.2) is 4.79 Å². The maximum absolute atomic E-state index is 10.2. The van der Waals surface area contributed by atoms with Crippen molar-refractivity contribution < 1.29 is 14.6 Å². The number of carbonyl (C=O) groups is 1. The summed E-state index contributed by atoms with van der Waals surface area (Å²) in [5.74, 6) is -0.821. The molecule has 1 N–H and O–H groups in total. The summed E-state index contributed by atoms with van der Waals surface area (Å²) in [4.78, 5) is 10.2. The molecular weight excluding hydrogens is 206 g/mol. The van der Waals surface area contributed by atoms with Crippen LogP contribution < -0.4 is 4.74 Å². The first-order chi connectivity index (χ1) is 6.63. The van der Waals surface area contributed by atoms with Gasteiger partial charge < -0.3 is 9.84 Å². The smallest absolute Gasteiger partial charge is 0.341 e. The third-order valence-electron chi connectivity index (χ3n) is 1.41. The van der Waals surface area contributed by atoms with Gasteiger partial charge >= 0.3 is 5.97 Å². The first-order valence-corrected chi connectivity index (χ1v) is 4.05. The van der Waals surface area contributed by atoms with Crippen LogP contribution in [0.4, 0.5) is 0 Å². The first kappa shape index (κ1) is 10.4. The highest BCUT2D eigenvalue weighted by molar-refractivity contribution is 6.32. The van der Waals surface area contributed by atoms with Crippen LogP contribution in [0.1, 0.15) is 5.56 Å². The summed E-state index contributed by atoms with van der Waals surface area (Å²) in [6.45, 7) is -0.453. The third-order valence-corrected chi connectivity index (χ3v) is 1.71. The van der Waals surface area contributed by atoms with Crippen LogP contribution in [0.2, 0.25) is 5.02 Å². The second kappa shape index (κ2) is 4.49. The second-order valence-corrected chi connectivity index (χ2v) is 2.85. The number of nitrogens with zero attached hydrogens (tertiary/aromatic N) is 1. The van der Waals surface area contributed by atoms with E-state index in [1.54, 1.807) is 0 Å². The summed E-state index contributed by atoms with van der Waals surface area (Å²) in [7, 11) is 0. The fourth-order valence-corrected chi connectivity index (χ4v) is 1.06. The summed E-state index contributed by atoms with van der Waals surface area (Å²) in [6, 6.07) is 6.28. The van der Waals surface area contributed by atoms with Crippen molar-refractivity contribution in [1.82, 2.24) is 0 Å². The molecule has 0 radical (unpaired) electrons. The Morgan fingerprint density at radius 1 is 1.64 bits per heavy atom. The molecule has 0 atom stereocenters. The zero-order valence-corrected chi connectivity index (χ0v) is 7.78. The van der Waals surface area contributed by atoms with Crippen LogP contribution in [0, 0.1) is 11.3 Å². The van der Waals surface area contributed by atoms with Crippen molar-refractivity contribution in [3.63, 3.8) is 0 Å². The molecule has 0 unspecified atom stereocenters. The highest BCUT2D eigenvalue weighted by Crippen LogP contribution is 2.24. The lowest BCUT2D eigenvalue weighted by Gasteiger charge is -2.04. The summed E-state index contributed by atoms with van der Waals surface area (Å²) in [5.41, 5.74) is 0.401. The van der Waals surface area contributed by atoms with E-state index in [1.165, 1.54) is 18.2 Å². The Kier molecular flexibility index (Phi) is 3.32. The Bertz CT molecular complexity index is 398. The molecule has 0 aromatic heterocycles. The molecule has 0 saturated carbocycles. The number of halogens is 1. The molecule has 1 rings (SSSR count). The standard InChI is InChI=1S/C9H6ClNO3/c10-7-3-6(4-11)1-2-8(7)14-5-9(12)13/h1-3H,5H2,(H,12,13). The molecule has 0 fully saturated rings. The minimum Gasteiger partial charge on any atom is -0.480 e. The van der Waals surface area contributed by atoms with Crippen molar-refractivity contribution in [2.24, 2.45) is 0 Å². The lowest BCUT2D eigenvalue weighted by Crippen LogP contribution is -2.09. The van der Waals surface area contributed by atoms with Crippen molar-refractivity contribution in [1.29, 1.82) is 5.26 Å². The van der Waals surface area contributed by atoms with Gasteiger partial charge in [0.15, 0.2) is 6.61 Å². The molecule has 1 aromatic carbocycles. The molecular formula is C9H6ClNO3. The normalized spacial score (nSPS) is 9.14. The molecule has 0 bridgehead atoms. The average Bonchev–Trinajstić information content (AvgIpc) is 2.15. The molecule has 0 spiro atoms. The molecule has 14 heavy (non-hydrogen) atoms. The monoisotopic (exact) mass is 211 g/mol. The van der Waals surface area contributed by atoms with Crippen LogP contribution in [0.25, 0.3) is 0 Å². The van der Waals surface area contributed by atoms with Gasteiger partial charge in [-0.3, -0.25) is 0 Å². The number of carboxylic acid groups (broad SMARTS) is 1. The van der Waals surface area contributed by atoms with Gasteiger partial charge in [-0.1, -0.05) is 11.6 Å². The number of nitriles is 1. The van der Waals surface area contributed by atoms with Crippen LogP contribution in [0.3, 0.4) is 0 Å². The quantitative estimate of drug-likeness (QED) is 0.826. The highest BCUT2D eigenvalue weighted by atomic mass is 35.5. The fraction of sp³-hybridized carbons (Fsp3) is 0.111. The summed E-state index contributed by atoms with van der Waals surface area (Å²) in [5, 5.41) is 17.1. The van der Waals surface area contributed by atoms with Gasteiger partial charge in [0.05, 0.1) is 16.7 Å². The predicted molar refractivity (Wildman–Crippen MR) is 49.3 cm³/mol. The number of carboxylic acids is 1. The molecule has 0 aliphatic heterocycles. The zero-order chi connectivity index (χ0) is 10.6. The Hall–Kier alpha value is -1.73. The first-order valence-electron chi connectivity index (χ1n) is 3.67. The van der Waals surface area contributed by atoms with E-state index >= 15 is 0 Å². The van der Waals surface area contributed by atoms with E-state index in [4.69, 9.17) is 26.7 Å². The predicted octanol–water partition coefficient (Wildman–Crippen LogP) is 1.68. The molecule has 0 aliphatic carbocycles. The zero-order valence-electron chi connectivity index (χ0n) is 7.03. The van der Waals surface area contributed by atoms with Crippen molar-refractivity contribution in [2.75, 3.05) is 6.61 Å². The fourth-order valence-electron chi connectivity index (χ4n) is 0.827. The number of ether oxygens (including phenoxy) is 1. The Labute approximate surface area is 85.3 Å². The van der Waals surface area contributed by atoms with E-state index in [0.29, 0.717) is 5.56 Å². The summed E-state index contributed by atoms with van der Waals surface area (Å²) < 4.78 is 4.86. The minimum absolute atomic E-state index is 0.227. The van der Waals surface area contributed by atoms with Crippen LogP contribution in [0.5, 0.6) is 5.75 Å². The van der Waals surface area contributed by atoms with Gasteiger partial charge in [-0.05, 0) is 18.2 Å². The van der Waals surface area contributed by atoms with Gasteiger partial charge in [0.25, 0.3) is 0 Å². The maximum atomic E-state index is 10.2. The second-order valence-electron chi connectivity index (χ2n) is 2.44. The van der Waals surface area contributed by atoms with Crippen LogP contribution in [-0.4, -0.2) is 17.7 Å². The number of rotatable bonds is 3. The molecule has 0 saturated heterocycles. The van der Waals surface area contributed by atoms with Crippen LogP contribution >= 0.6 is 11.6 Å². The Morgan fingerprint density at radius 2 is 2.36 bits per heavy atom. The molecule has 1 aromatic rings. The van der Waals surface area contributed by atoms with Crippen molar-refractivity contribution in [3.8, 4) is 11.8 Å². The van der Waals surface area contributed by atoms with Crippen molar-refractivity contribution in [2.45, 2.75) is 0 Å². The molecule has 0 amide bonds.